The molecule has 0 aromatic heterocycles. The van der Waals surface area contributed by atoms with Gasteiger partial charge in [0.2, 0.25) is 5.91 Å². The Balaban J connectivity index is 1.43. The van der Waals surface area contributed by atoms with Crippen molar-refractivity contribution < 1.29 is 19.1 Å². The van der Waals surface area contributed by atoms with Gasteiger partial charge in [-0.25, -0.2) is 0 Å². The summed E-state index contributed by atoms with van der Waals surface area (Å²) in [4.78, 5) is 29.1. The molecule has 3 aliphatic heterocycles. The normalized spacial score (nSPS) is 27.6. The minimum Gasteiger partial charge on any atom is -0.381 e. The van der Waals surface area contributed by atoms with Crippen LogP contribution in [-0.2, 0) is 19.1 Å². The van der Waals surface area contributed by atoms with Gasteiger partial charge in [-0.2, -0.15) is 0 Å². The van der Waals surface area contributed by atoms with E-state index in [1.807, 2.05) is 40.1 Å². The van der Waals surface area contributed by atoms with E-state index >= 15 is 0 Å². The molecule has 3 aliphatic rings. The second-order valence-corrected chi connectivity index (χ2v) is 7.85. The minimum absolute atomic E-state index is 0.00575. The zero-order valence-corrected chi connectivity index (χ0v) is 15.8. The minimum atomic E-state index is -0.353. The van der Waals surface area contributed by atoms with Crippen molar-refractivity contribution in [2.45, 2.75) is 37.7 Å². The lowest BCUT2D eigenvalue weighted by Crippen LogP contribution is -2.55. The Morgan fingerprint density at radius 2 is 1.85 bits per heavy atom. The highest BCUT2D eigenvalue weighted by atomic mass is 16.5. The van der Waals surface area contributed by atoms with Crippen molar-refractivity contribution in [2.75, 3.05) is 44.4 Å². The summed E-state index contributed by atoms with van der Waals surface area (Å²) in [6.45, 7) is 3.53. The lowest BCUT2D eigenvalue weighted by atomic mass is 9.92. The van der Waals surface area contributed by atoms with Gasteiger partial charge >= 0.3 is 0 Å². The Morgan fingerprint density at radius 3 is 2.63 bits per heavy atom. The van der Waals surface area contributed by atoms with Crippen LogP contribution >= 0.6 is 0 Å². The van der Waals surface area contributed by atoms with Gasteiger partial charge in [-0.3, -0.25) is 9.59 Å². The third-order valence-corrected chi connectivity index (χ3v) is 6.10. The van der Waals surface area contributed by atoms with Gasteiger partial charge in [0.1, 0.15) is 6.61 Å². The van der Waals surface area contributed by atoms with Crippen LogP contribution in [0.2, 0.25) is 0 Å². The Hall–Kier alpha value is -1.92. The van der Waals surface area contributed by atoms with Crippen molar-refractivity contribution in [2.24, 2.45) is 5.92 Å². The van der Waals surface area contributed by atoms with Crippen LogP contribution in [0.3, 0.4) is 0 Å². The average molecular weight is 372 g/mol. The molecule has 2 amide bonds. The molecular weight excluding hydrogens is 344 g/mol. The van der Waals surface area contributed by atoms with E-state index in [0.717, 1.165) is 44.3 Å². The number of hydrogen-bond acceptors (Lipinski definition) is 4. The molecule has 146 valence electrons. The Kier molecular flexibility index (Phi) is 5.45. The van der Waals surface area contributed by atoms with Gasteiger partial charge in [0.25, 0.3) is 5.91 Å². The van der Waals surface area contributed by atoms with Crippen LogP contribution in [0.4, 0.5) is 5.69 Å². The summed E-state index contributed by atoms with van der Waals surface area (Å²) < 4.78 is 11.5. The average Bonchev–Trinajstić information content (AvgIpc) is 2.93. The molecule has 1 unspecified atom stereocenters. The molecule has 1 aromatic carbocycles. The fraction of sp³-hybridized carbons (Fsp3) is 0.619. The number of anilines is 1. The second-order valence-electron chi connectivity index (χ2n) is 7.85. The number of amides is 2. The van der Waals surface area contributed by atoms with E-state index in [1.165, 1.54) is 0 Å². The SMILES string of the molecule is O=C(C1CCOCC1)N1CCCC2(CC1)CN(c1ccccc1)C(=O)CO2. The van der Waals surface area contributed by atoms with E-state index in [0.29, 0.717) is 26.3 Å². The number of hydrogen-bond donors (Lipinski definition) is 0. The number of morpholine rings is 1. The summed E-state index contributed by atoms with van der Waals surface area (Å²) in [5.41, 5.74) is 0.568. The van der Waals surface area contributed by atoms with E-state index in [9.17, 15) is 9.59 Å². The quantitative estimate of drug-likeness (QED) is 0.799. The summed E-state index contributed by atoms with van der Waals surface area (Å²) >= 11 is 0. The maximum atomic E-state index is 12.9. The Bertz CT molecular complexity index is 674. The van der Waals surface area contributed by atoms with Gasteiger partial charge in [-0.15, -0.1) is 0 Å². The number of para-hydroxylation sites is 1. The first-order valence-corrected chi connectivity index (χ1v) is 10.0. The number of carbonyl (C=O) groups is 2. The number of likely N-dealkylation sites (tertiary alicyclic amines) is 1. The van der Waals surface area contributed by atoms with Gasteiger partial charge in [-0.05, 0) is 44.2 Å². The molecule has 3 fully saturated rings. The van der Waals surface area contributed by atoms with E-state index in [1.54, 1.807) is 0 Å². The molecule has 4 rings (SSSR count). The zero-order valence-electron chi connectivity index (χ0n) is 15.8. The molecule has 1 aromatic rings. The van der Waals surface area contributed by atoms with Crippen LogP contribution < -0.4 is 4.90 Å². The lowest BCUT2D eigenvalue weighted by Gasteiger charge is -2.42. The fourth-order valence-corrected chi connectivity index (χ4v) is 4.45. The first-order valence-electron chi connectivity index (χ1n) is 10.0. The molecule has 0 aliphatic carbocycles. The van der Waals surface area contributed by atoms with Crippen molar-refractivity contribution in [3.05, 3.63) is 30.3 Å². The van der Waals surface area contributed by atoms with E-state index < -0.39 is 0 Å². The monoisotopic (exact) mass is 372 g/mol. The van der Waals surface area contributed by atoms with Crippen LogP contribution in [0.15, 0.2) is 30.3 Å². The highest BCUT2D eigenvalue weighted by Crippen LogP contribution is 2.33. The Morgan fingerprint density at radius 1 is 1.07 bits per heavy atom. The van der Waals surface area contributed by atoms with Crippen molar-refractivity contribution in [3.63, 3.8) is 0 Å². The first-order chi connectivity index (χ1) is 13.2. The Labute approximate surface area is 160 Å². The molecule has 6 nitrogen and oxygen atoms in total. The molecule has 0 saturated carbocycles. The second kappa shape index (κ2) is 7.98. The molecule has 1 spiro atoms. The first kappa shape index (κ1) is 18.4. The lowest BCUT2D eigenvalue weighted by molar-refractivity contribution is -0.142. The van der Waals surface area contributed by atoms with Crippen molar-refractivity contribution >= 4 is 17.5 Å². The maximum Gasteiger partial charge on any atom is 0.253 e. The molecule has 0 radical (unpaired) electrons. The predicted molar refractivity (Wildman–Crippen MR) is 101 cm³/mol. The zero-order chi connectivity index (χ0) is 18.7. The van der Waals surface area contributed by atoms with Crippen LogP contribution in [0.25, 0.3) is 0 Å². The molecule has 27 heavy (non-hydrogen) atoms. The summed E-state index contributed by atoms with van der Waals surface area (Å²) in [5.74, 6) is 0.371. The number of ether oxygens (including phenoxy) is 2. The third-order valence-electron chi connectivity index (χ3n) is 6.10. The third kappa shape index (κ3) is 4.01. The topological polar surface area (TPSA) is 59.1 Å². The molecule has 3 saturated heterocycles. The molecule has 1 atom stereocenters. The van der Waals surface area contributed by atoms with E-state index in [4.69, 9.17) is 9.47 Å². The number of rotatable bonds is 2. The number of benzene rings is 1. The molecule has 6 heteroatoms. The van der Waals surface area contributed by atoms with Gasteiger partial charge in [0.05, 0.1) is 12.1 Å². The van der Waals surface area contributed by atoms with Crippen molar-refractivity contribution in [3.8, 4) is 0 Å². The van der Waals surface area contributed by atoms with E-state index in [2.05, 4.69) is 0 Å². The van der Waals surface area contributed by atoms with Gasteiger partial charge < -0.3 is 19.3 Å². The van der Waals surface area contributed by atoms with Crippen LogP contribution in [-0.4, -0.2) is 61.8 Å². The fourth-order valence-electron chi connectivity index (χ4n) is 4.45. The van der Waals surface area contributed by atoms with Gasteiger partial charge in [0.15, 0.2) is 0 Å². The maximum absolute atomic E-state index is 12.9. The van der Waals surface area contributed by atoms with Gasteiger partial charge in [-0.1, -0.05) is 18.2 Å². The molecule has 3 heterocycles. The predicted octanol–water partition coefficient (Wildman–Crippen LogP) is 2.23. The molecule has 0 bridgehead atoms. The number of nitrogens with zero attached hydrogens (tertiary/aromatic N) is 2. The van der Waals surface area contributed by atoms with Gasteiger partial charge in [0, 0.05) is 37.9 Å². The summed E-state index contributed by atoms with van der Waals surface area (Å²) in [5, 5.41) is 0. The molecule has 0 N–H and O–H groups in total. The smallest absolute Gasteiger partial charge is 0.253 e. The summed E-state index contributed by atoms with van der Waals surface area (Å²) in [6.07, 6.45) is 4.21. The largest absolute Gasteiger partial charge is 0.381 e. The van der Waals surface area contributed by atoms with Crippen LogP contribution in [0, 0.1) is 5.92 Å². The van der Waals surface area contributed by atoms with Crippen LogP contribution in [0.5, 0.6) is 0 Å². The van der Waals surface area contributed by atoms with Crippen molar-refractivity contribution in [1.82, 2.24) is 4.90 Å². The van der Waals surface area contributed by atoms with E-state index in [-0.39, 0.29) is 29.9 Å². The standard InChI is InChI=1S/C21H28N2O4/c24-19-15-27-21(16-23(19)18-5-2-1-3-6-18)9-4-11-22(12-10-21)20(25)17-7-13-26-14-8-17/h1-3,5-6,17H,4,7-16H2. The van der Waals surface area contributed by atoms with Crippen molar-refractivity contribution in [1.29, 1.82) is 0 Å². The number of carbonyl (C=O) groups excluding carboxylic acids is 2. The highest BCUT2D eigenvalue weighted by Gasteiger charge is 2.42. The highest BCUT2D eigenvalue weighted by molar-refractivity contribution is 5.95. The summed E-state index contributed by atoms with van der Waals surface area (Å²) in [7, 11) is 0. The molecular formula is C21H28N2O4. The summed E-state index contributed by atoms with van der Waals surface area (Å²) in [6, 6.07) is 9.79. The van der Waals surface area contributed by atoms with Crippen LogP contribution in [0.1, 0.15) is 32.1 Å².